The van der Waals surface area contributed by atoms with E-state index in [0.29, 0.717) is 6.54 Å². The van der Waals surface area contributed by atoms with Gasteiger partial charge in [-0.2, -0.15) is 0 Å². The van der Waals surface area contributed by atoms with Gasteiger partial charge in [0.2, 0.25) is 0 Å². The fraction of sp³-hybridized carbons (Fsp3) is 0.500. The highest BCUT2D eigenvalue weighted by Crippen LogP contribution is 2.51. The van der Waals surface area contributed by atoms with Crippen LogP contribution in [0.3, 0.4) is 0 Å². The minimum Gasteiger partial charge on any atom is -0.387 e. The van der Waals surface area contributed by atoms with Crippen LogP contribution in [-0.4, -0.2) is 40.3 Å². The summed E-state index contributed by atoms with van der Waals surface area (Å²) in [5, 5.41) is 11.6. The highest BCUT2D eigenvalue weighted by Gasteiger charge is 2.54. The number of pyridine rings is 1. The van der Waals surface area contributed by atoms with Gasteiger partial charge in [0.05, 0.1) is 12.1 Å². The van der Waals surface area contributed by atoms with Crippen LogP contribution >= 0.6 is 0 Å². The van der Waals surface area contributed by atoms with E-state index in [1.54, 1.807) is 10.6 Å². The third-order valence-electron chi connectivity index (χ3n) is 6.56. The van der Waals surface area contributed by atoms with Crippen LogP contribution in [0.25, 0.3) is 11.1 Å². The molecule has 1 unspecified atom stereocenters. The van der Waals surface area contributed by atoms with Crippen molar-refractivity contribution in [2.24, 2.45) is 5.41 Å². The van der Waals surface area contributed by atoms with E-state index >= 15 is 0 Å². The summed E-state index contributed by atoms with van der Waals surface area (Å²) < 4.78 is 1.71. The van der Waals surface area contributed by atoms with Crippen molar-refractivity contribution in [3.8, 4) is 11.1 Å². The third-order valence-corrected chi connectivity index (χ3v) is 6.56. The molecule has 1 aromatic carbocycles. The molecule has 2 aliphatic rings. The number of likely N-dealkylation sites (tertiary alicyclic amines) is 1. The van der Waals surface area contributed by atoms with E-state index in [1.807, 2.05) is 42.6 Å². The molecule has 138 valence electrons. The second-order valence-corrected chi connectivity index (χ2v) is 8.25. The van der Waals surface area contributed by atoms with Crippen molar-refractivity contribution in [2.45, 2.75) is 44.2 Å². The van der Waals surface area contributed by atoms with E-state index in [1.165, 1.54) is 12.8 Å². The van der Waals surface area contributed by atoms with Crippen molar-refractivity contribution in [1.29, 1.82) is 0 Å². The summed E-state index contributed by atoms with van der Waals surface area (Å²) in [6, 6.07) is 13.6. The van der Waals surface area contributed by atoms with Crippen molar-refractivity contribution >= 4 is 0 Å². The van der Waals surface area contributed by atoms with Crippen LogP contribution in [0.2, 0.25) is 0 Å². The number of aliphatic hydroxyl groups is 1. The fourth-order valence-electron chi connectivity index (χ4n) is 5.04. The summed E-state index contributed by atoms with van der Waals surface area (Å²) in [7, 11) is 2.14. The third kappa shape index (κ3) is 3.01. The fourth-order valence-corrected chi connectivity index (χ4v) is 5.04. The van der Waals surface area contributed by atoms with Gasteiger partial charge >= 0.3 is 0 Å². The Kier molecular flexibility index (Phi) is 4.49. The molecule has 0 radical (unpaired) electrons. The minimum atomic E-state index is -0.798. The summed E-state index contributed by atoms with van der Waals surface area (Å²) in [4.78, 5) is 15.1. The van der Waals surface area contributed by atoms with Crippen LogP contribution < -0.4 is 5.56 Å². The van der Waals surface area contributed by atoms with Crippen molar-refractivity contribution in [3.05, 3.63) is 59.0 Å². The molecular weight excluding hydrogens is 324 g/mol. The molecule has 4 nitrogen and oxygen atoms in total. The van der Waals surface area contributed by atoms with E-state index < -0.39 is 5.60 Å². The molecule has 1 saturated carbocycles. The zero-order chi connectivity index (χ0) is 18.2. The molecule has 1 aromatic heterocycles. The second-order valence-electron chi connectivity index (χ2n) is 8.25. The van der Waals surface area contributed by atoms with Crippen molar-refractivity contribution < 1.29 is 5.11 Å². The maximum atomic E-state index is 12.7. The Labute approximate surface area is 155 Å². The summed E-state index contributed by atoms with van der Waals surface area (Å²) >= 11 is 0. The lowest BCUT2D eigenvalue weighted by molar-refractivity contribution is -0.139. The smallest absolute Gasteiger partial charge is 0.251 e. The first-order valence-corrected chi connectivity index (χ1v) is 9.68. The Morgan fingerprint density at radius 1 is 1.04 bits per heavy atom. The molecule has 1 atom stereocenters. The Balaban J connectivity index is 1.63. The lowest BCUT2D eigenvalue weighted by Gasteiger charge is -2.51. The molecule has 2 aromatic rings. The van der Waals surface area contributed by atoms with Gasteiger partial charge < -0.3 is 14.6 Å². The molecule has 1 aliphatic heterocycles. The van der Waals surface area contributed by atoms with Gasteiger partial charge in [-0.25, -0.2) is 0 Å². The lowest BCUT2D eigenvalue weighted by Crippen LogP contribution is -2.60. The van der Waals surface area contributed by atoms with Crippen LogP contribution in [0.1, 0.15) is 32.1 Å². The van der Waals surface area contributed by atoms with Gasteiger partial charge in [0.25, 0.3) is 5.56 Å². The van der Waals surface area contributed by atoms with Gasteiger partial charge in [-0.3, -0.25) is 4.79 Å². The monoisotopic (exact) mass is 352 g/mol. The first-order valence-electron chi connectivity index (χ1n) is 9.68. The highest BCUT2D eigenvalue weighted by molar-refractivity contribution is 5.62. The Hall–Kier alpha value is -1.91. The van der Waals surface area contributed by atoms with Gasteiger partial charge in [0, 0.05) is 30.8 Å². The van der Waals surface area contributed by atoms with E-state index in [4.69, 9.17) is 0 Å². The molecule has 4 rings (SSSR count). The Morgan fingerprint density at radius 2 is 1.77 bits per heavy atom. The Bertz CT molecular complexity index is 824. The van der Waals surface area contributed by atoms with Crippen LogP contribution in [0, 0.1) is 5.41 Å². The summed E-state index contributed by atoms with van der Waals surface area (Å²) in [6.07, 6.45) is 7.06. The number of hydrogen-bond acceptors (Lipinski definition) is 3. The van der Waals surface area contributed by atoms with Gasteiger partial charge in [-0.15, -0.1) is 0 Å². The van der Waals surface area contributed by atoms with Crippen molar-refractivity contribution in [1.82, 2.24) is 9.47 Å². The van der Waals surface area contributed by atoms with Gasteiger partial charge in [0.1, 0.15) is 0 Å². The molecule has 1 spiro atoms. The maximum Gasteiger partial charge on any atom is 0.251 e. The van der Waals surface area contributed by atoms with Crippen LogP contribution in [0.5, 0.6) is 0 Å². The first kappa shape index (κ1) is 17.5. The highest BCUT2D eigenvalue weighted by atomic mass is 16.3. The quantitative estimate of drug-likeness (QED) is 0.923. The van der Waals surface area contributed by atoms with Crippen LogP contribution in [0.4, 0.5) is 0 Å². The maximum absolute atomic E-state index is 12.7. The average Bonchev–Trinajstić information content (AvgIpc) is 3.11. The summed E-state index contributed by atoms with van der Waals surface area (Å²) in [5.74, 6) is 0. The number of piperidine rings is 1. The van der Waals surface area contributed by atoms with Gasteiger partial charge in [-0.05, 0) is 43.5 Å². The van der Waals surface area contributed by atoms with Gasteiger partial charge in [-0.1, -0.05) is 43.2 Å². The molecule has 0 bridgehead atoms. The molecule has 4 heteroatoms. The number of aromatic nitrogens is 1. The predicted molar refractivity (Wildman–Crippen MR) is 104 cm³/mol. The average molecular weight is 352 g/mol. The van der Waals surface area contributed by atoms with Crippen LogP contribution in [0.15, 0.2) is 53.5 Å². The molecule has 1 saturated heterocycles. The van der Waals surface area contributed by atoms with Crippen molar-refractivity contribution in [2.75, 3.05) is 20.1 Å². The number of hydrogen-bond donors (Lipinski definition) is 1. The lowest BCUT2D eigenvalue weighted by atomic mass is 9.66. The van der Waals surface area contributed by atoms with Gasteiger partial charge in [0.15, 0.2) is 0 Å². The Morgan fingerprint density at radius 3 is 2.46 bits per heavy atom. The van der Waals surface area contributed by atoms with E-state index in [9.17, 15) is 9.90 Å². The minimum absolute atomic E-state index is 0.0353. The predicted octanol–water partition coefficient (Wildman–Crippen LogP) is 3.14. The topological polar surface area (TPSA) is 45.5 Å². The number of nitrogens with zero attached hydrogens (tertiary/aromatic N) is 2. The molecule has 1 aliphatic carbocycles. The van der Waals surface area contributed by atoms with Crippen LogP contribution in [-0.2, 0) is 6.54 Å². The number of rotatable bonds is 3. The van der Waals surface area contributed by atoms with E-state index in [-0.39, 0.29) is 11.0 Å². The standard InChI is InChI=1S/C22H28N2O2/c1-23-14-12-22(26,21(16-23)10-5-6-11-21)17-24-13-9-19(15-20(24)25)18-7-3-2-4-8-18/h2-4,7-9,13,15,26H,5-6,10-12,14,16-17H2,1H3. The zero-order valence-corrected chi connectivity index (χ0v) is 15.5. The van der Waals surface area contributed by atoms with E-state index in [0.717, 1.165) is 43.5 Å². The SMILES string of the molecule is CN1CCC(O)(Cn2ccc(-c3ccccc3)cc2=O)C2(CCCC2)C1. The largest absolute Gasteiger partial charge is 0.387 e. The zero-order valence-electron chi connectivity index (χ0n) is 15.5. The molecule has 0 amide bonds. The second kappa shape index (κ2) is 6.67. The molecule has 2 heterocycles. The van der Waals surface area contributed by atoms with E-state index in [2.05, 4.69) is 11.9 Å². The summed E-state index contributed by atoms with van der Waals surface area (Å²) in [6.45, 7) is 2.21. The first-order chi connectivity index (χ1) is 12.5. The normalized spacial score (nSPS) is 25.6. The molecule has 1 N–H and O–H groups in total. The molecule has 2 fully saturated rings. The molecular formula is C22H28N2O2. The summed E-state index contributed by atoms with van der Waals surface area (Å²) in [5.41, 5.74) is 1.07. The number of benzene rings is 1. The molecule has 26 heavy (non-hydrogen) atoms. The van der Waals surface area contributed by atoms with Crippen molar-refractivity contribution in [3.63, 3.8) is 0 Å².